The van der Waals surface area contributed by atoms with Crippen LogP contribution in [0.3, 0.4) is 0 Å². The Morgan fingerprint density at radius 2 is 1.86 bits per heavy atom. The highest BCUT2D eigenvalue weighted by Crippen LogP contribution is 2.39. The van der Waals surface area contributed by atoms with Gasteiger partial charge < -0.3 is 11.1 Å². The molecule has 0 bridgehead atoms. The van der Waals surface area contributed by atoms with E-state index in [1.807, 2.05) is 12.1 Å². The van der Waals surface area contributed by atoms with Gasteiger partial charge in [0.15, 0.2) is 0 Å². The molecule has 0 spiro atoms. The first-order chi connectivity index (χ1) is 10.2. The Bertz CT molecular complexity index is 452. The van der Waals surface area contributed by atoms with Crippen molar-refractivity contribution >= 4 is 17.5 Å². The molecule has 1 aromatic rings. The quantitative estimate of drug-likeness (QED) is 0.846. The molecular weight excluding hydrogens is 284 g/mol. The second-order valence-corrected chi connectivity index (χ2v) is 6.45. The minimum atomic E-state index is 0.0706. The van der Waals surface area contributed by atoms with Crippen LogP contribution < -0.4 is 11.1 Å². The van der Waals surface area contributed by atoms with Crippen LogP contribution in [0.15, 0.2) is 24.3 Å². The van der Waals surface area contributed by atoms with Crippen LogP contribution in [0, 0.1) is 0 Å². The Kier molecular flexibility index (Phi) is 6.07. The fourth-order valence-electron chi connectivity index (χ4n) is 3.22. The second kappa shape index (κ2) is 7.81. The third-order valence-electron chi connectivity index (χ3n) is 4.50. The summed E-state index contributed by atoms with van der Waals surface area (Å²) >= 11 is 6.00. The highest BCUT2D eigenvalue weighted by atomic mass is 35.5. The molecule has 3 nitrogen and oxygen atoms in total. The monoisotopic (exact) mass is 308 g/mol. The zero-order chi connectivity index (χ0) is 15.1. The van der Waals surface area contributed by atoms with Crippen LogP contribution in [-0.2, 0) is 10.2 Å². The Balaban J connectivity index is 2.06. The van der Waals surface area contributed by atoms with Crippen LogP contribution in [0.4, 0.5) is 0 Å². The molecule has 0 saturated heterocycles. The van der Waals surface area contributed by atoms with Crippen LogP contribution in [0.25, 0.3) is 0 Å². The van der Waals surface area contributed by atoms with E-state index in [1.165, 1.54) is 24.8 Å². The standard InChI is InChI=1S/C17H25ClN2O/c18-15-8-6-14(7-9-15)17(10-2-1-3-11-17)13-20-16(21)5-4-12-19/h6-9H,1-5,10-13,19H2,(H,20,21). The van der Waals surface area contributed by atoms with Crippen molar-refractivity contribution in [3.8, 4) is 0 Å². The number of carbonyl (C=O) groups is 1. The molecule has 0 unspecified atom stereocenters. The van der Waals surface area contributed by atoms with Crippen LogP contribution in [0.5, 0.6) is 0 Å². The largest absolute Gasteiger partial charge is 0.355 e. The molecule has 0 aliphatic heterocycles. The van der Waals surface area contributed by atoms with Gasteiger partial charge in [0.25, 0.3) is 0 Å². The first kappa shape index (κ1) is 16.3. The van der Waals surface area contributed by atoms with Gasteiger partial charge in [-0.2, -0.15) is 0 Å². The minimum absolute atomic E-state index is 0.0706. The number of nitrogens with one attached hydrogen (secondary N) is 1. The topological polar surface area (TPSA) is 55.1 Å². The summed E-state index contributed by atoms with van der Waals surface area (Å²) in [5, 5.41) is 3.87. The number of halogens is 1. The van der Waals surface area contributed by atoms with Gasteiger partial charge in [-0.25, -0.2) is 0 Å². The third kappa shape index (κ3) is 4.45. The Morgan fingerprint density at radius 3 is 2.48 bits per heavy atom. The van der Waals surface area contributed by atoms with E-state index in [2.05, 4.69) is 17.4 Å². The van der Waals surface area contributed by atoms with Gasteiger partial charge in [0.05, 0.1) is 0 Å². The lowest BCUT2D eigenvalue weighted by Crippen LogP contribution is -2.42. The van der Waals surface area contributed by atoms with E-state index in [1.54, 1.807) is 0 Å². The van der Waals surface area contributed by atoms with Crippen molar-refractivity contribution in [2.45, 2.75) is 50.4 Å². The zero-order valence-electron chi connectivity index (χ0n) is 12.5. The van der Waals surface area contributed by atoms with E-state index < -0.39 is 0 Å². The molecular formula is C17H25ClN2O. The Labute approximate surface area is 132 Å². The van der Waals surface area contributed by atoms with Crippen molar-refractivity contribution in [3.63, 3.8) is 0 Å². The second-order valence-electron chi connectivity index (χ2n) is 6.02. The predicted molar refractivity (Wildman–Crippen MR) is 87.5 cm³/mol. The SMILES string of the molecule is NCCCC(=O)NCC1(c2ccc(Cl)cc2)CCCCC1. The molecule has 1 aliphatic carbocycles. The summed E-state index contributed by atoms with van der Waals surface area (Å²) in [7, 11) is 0. The molecule has 1 amide bonds. The molecule has 1 saturated carbocycles. The number of amides is 1. The van der Waals surface area contributed by atoms with Gasteiger partial charge in [0.1, 0.15) is 0 Å². The number of rotatable bonds is 6. The van der Waals surface area contributed by atoms with E-state index in [0.717, 1.165) is 30.8 Å². The first-order valence-corrected chi connectivity index (χ1v) is 8.27. The van der Waals surface area contributed by atoms with Crippen LogP contribution in [0.2, 0.25) is 5.02 Å². The number of hydrogen-bond donors (Lipinski definition) is 2. The highest BCUT2D eigenvalue weighted by molar-refractivity contribution is 6.30. The molecule has 2 rings (SSSR count). The lowest BCUT2D eigenvalue weighted by atomic mass is 9.69. The van der Waals surface area contributed by atoms with Crippen molar-refractivity contribution in [3.05, 3.63) is 34.9 Å². The van der Waals surface area contributed by atoms with Gasteiger partial charge in [-0.3, -0.25) is 4.79 Å². The summed E-state index contributed by atoms with van der Waals surface area (Å²) in [6.45, 7) is 1.29. The molecule has 4 heteroatoms. The average molecular weight is 309 g/mol. The molecule has 116 valence electrons. The highest BCUT2D eigenvalue weighted by Gasteiger charge is 2.34. The summed E-state index contributed by atoms with van der Waals surface area (Å²) in [4.78, 5) is 11.9. The van der Waals surface area contributed by atoms with E-state index in [0.29, 0.717) is 13.0 Å². The lowest BCUT2D eigenvalue weighted by Gasteiger charge is -2.38. The van der Waals surface area contributed by atoms with E-state index in [9.17, 15) is 4.79 Å². The average Bonchev–Trinajstić information content (AvgIpc) is 2.52. The molecule has 1 aromatic carbocycles. The smallest absolute Gasteiger partial charge is 0.220 e. The van der Waals surface area contributed by atoms with Gasteiger partial charge in [0, 0.05) is 23.4 Å². The van der Waals surface area contributed by atoms with Gasteiger partial charge in [-0.15, -0.1) is 0 Å². The Morgan fingerprint density at radius 1 is 1.19 bits per heavy atom. The van der Waals surface area contributed by atoms with Gasteiger partial charge in [0.2, 0.25) is 5.91 Å². The normalized spacial score (nSPS) is 17.4. The Hall–Kier alpha value is -1.06. The minimum Gasteiger partial charge on any atom is -0.355 e. The molecule has 0 radical (unpaired) electrons. The zero-order valence-corrected chi connectivity index (χ0v) is 13.3. The summed E-state index contributed by atoms with van der Waals surface area (Å²) in [6.07, 6.45) is 7.27. The predicted octanol–water partition coefficient (Wildman–Crippen LogP) is 3.40. The van der Waals surface area contributed by atoms with Crippen molar-refractivity contribution in [2.75, 3.05) is 13.1 Å². The number of benzene rings is 1. The lowest BCUT2D eigenvalue weighted by molar-refractivity contribution is -0.121. The third-order valence-corrected chi connectivity index (χ3v) is 4.75. The maximum absolute atomic E-state index is 11.9. The van der Waals surface area contributed by atoms with E-state index >= 15 is 0 Å². The van der Waals surface area contributed by atoms with Crippen LogP contribution in [0.1, 0.15) is 50.5 Å². The summed E-state index contributed by atoms with van der Waals surface area (Å²) < 4.78 is 0. The first-order valence-electron chi connectivity index (χ1n) is 7.89. The van der Waals surface area contributed by atoms with Crippen LogP contribution in [-0.4, -0.2) is 19.0 Å². The molecule has 0 atom stereocenters. The summed E-state index contributed by atoms with van der Waals surface area (Å²) in [6, 6.07) is 8.12. The number of carbonyl (C=O) groups excluding carboxylic acids is 1. The fraction of sp³-hybridized carbons (Fsp3) is 0.588. The molecule has 1 aliphatic rings. The molecule has 21 heavy (non-hydrogen) atoms. The van der Waals surface area contributed by atoms with E-state index in [4.69, 9.17) is 17.3 Å². The molecule has 0 aromatic heterocycles. The van der Waals surface area contributed by atoms with Gasteiger partial charge in [-0.05, 0) is 43.5 Å². The van der Waals surface area contributed by atoms with Crippen LogP contribution >= 0.6 is 11.6 Å². The maximum Gasteiger partial charge on any atom is 0.220 e. The van der Waals surface area contributed by atoms with Crippen molar-refractivity contribution < 1.29 is 4.79 Å². The van der Waals surface area contributed by atoms with Crippen molar-refractivity contribution in [1.82, 2.24) is 5.32 Å². The molecule has 0 heterocycles. The van der Waals surface area contributed by atoms with Crippen molar-refractivity contribution in [2.24, 2.45) is 5.73 Å². The maximum atomic E-state index is 11.9. The van der Waals surface area contributed by atoms with Crippen molar-refractivity contribution in [1.29, 1.82) is 0 Å². The van der Waals surface area contributed by atoms with E-state index in [-0.39, 0.29) is 11.3 Å². The van der Waals surface area contributed by atoms with Gasteiger partial charge >= 0.3 is 0 Å². The molecule has 3 N–H and O–H groups in total. The summed E-state index contributed by atoms with van der Waals surface area (Å²) in [5.74, 6) is 0.111. The molecule has 1 fully saturated rings. The number of nitrogens with two attached hydrogens (primary N) is 1. The number of hydrogen-bond acceptors (Lipinski definition) is 2. The fourth-order valence-corrected chi connectivity index (χ4v) is 3.34. The van der Waals surface area contributed by atoms with Gasteiger partial charge in [-0.1, -0.05) is 43.0 Å². The summed E-state index contributed by atoms with van der Waals surface area (Å²) in [5.41, 5.74) is 6.82.